The first-order chi connectivity index (χ1) is 14.7. The van der Waals surface area contributed by atoms with Gasteiger partial charge in [0.05, 0.1) is 7.11 Å². The van der Waals surface area contributed by atoms with E-state index in [1.807, 2.05) is 72.8 Å². The van der Waals surface area contributed by atoms with Crippen molar-refractivity contribution in [2.24, 2.45) is 0 Å². The van der Waals surface area contributed by atoms with Crippen LogP contribution in [-0.4, -0.2) is 12.2 Å². The lowest BCUT2D eigenvalue weighted by Gasteiger charge is -2.18. The van der Waals surface area contributed by atoms with Gasteiger partial charge in [-0.2, -0.15) is 0 Å². The molecule has 0 saturated carbocycles. The standard InChI is InChI=1S/C27H22O3/c1-29-24-16-12-22(13-17-24)27(30-25-18-14-23(28)15-19-25)26(20-8-4-2-5-9-20)21-10-6-3-7-11-21/h2-19,28H,1H3/p+1. The molecule has 3 heteroatoms. The van der Waals surface area contributed by atoms with Gasteiger partial charge in [-0.15, -0.1) is 0 Å². The minimum atomic E-state index is 0.448. The van der Waals surface area contributed by atoms with Crippen molar-refractivity contribution in [1.29, 1.82) is 0 Å². The molecule has 0 amide bonds. The summed E-state index contributed by atoms with van der Waals surface area (Å²) in [6.07, 6.45) is 0. The zero-order chi connectivity index (χ0) is 20.8. The highest BCUT2D eigenvalue weighted by molar-refractivity contribution is 5.96. The summed E-state index contributed by atoms with van der Waals surface area (Å²) in [5, 5.41) is 7.76. The Labute approximate surface area is 176 Å². The molecule has 0 aliphatic heterocycles. The van der Waals surface area contributed by atoms with Gasteiger partial charge in [0.15, 0.2) is 0 Å². The fraction of sp³-hybridized carbons (Fsp3) is 0.0370. The fourth-order valence-corrected chi connectivity index (χ4v) is 3.28. The van der Waals surface area contributed by atoms with Gasteiger partial charge in [0.25, 0.3) is 5.75 Å². The van der Waals surface area contributed by atoms with Gasteiger partial charge in [-0.25, -0.2) is 0 Å². The van der Waals surface area contributed by atoms with Gasteiger partial charge in [-0.05, 0) is 47.5 Å². The Hall–Kier alpha value is -3.98. The Morgan fingerprint density at radius 2 is 1.07 bits per heavy atom. The van der Waals surface area contributed by atoms with E-state index >= 15 is 0 Å². The summed E-state index contributed by atoms with van der Waals surface area (Å²) in [6.45, 7) is 0. The normalized spacial score (nSPS) is 10.3. The molecule has 0 atom stereocenters. The quantitative estimate of drug-likeness (QED) is 0.224. The van der Waals surface area contributed by atoms with Crippen LogP contribution in [0.1, 0.15) is 16.7 Å². The molecule has 4 aromatic rings. The number of benzene rings is 4. The third-order valence-electron chi connectivity index (χ3n) is 4.78. The topological polar surface area (TPSA) is 41.4 Å². The minimum Gasteiger partial charge on any atom is -0.593 e. The first-order valence-electron chi connectivity index (χ1n) is 9.73. The van der Waals surface area contributed by atoms with Crippen molar-refractivity contribution < 1.29 is 14.6 Å². The van der Waals surface area contributed by atoms with Gasteiger partial charge in [-0.1, -0.05) is 60.7 Å². The van der Waals surface area contributed by atoms with Crippen LogP contribution in [0.25, 0.3) is 11.3 Å². The first-order valence-corrected chi connectivity index (χ1v) is 9.73. The van der Waals surface area contributed by atoms with Crippen LogP contribution in [0, 0.1) is 0 Å². The SMILES string of the molecule is COc1ccc(C(Oc2ccc([OH2+])cc2)=C(c2ccccc2)c2ccccc2)cc1. The molecule has 0 aliphatic rings. The molecular weight excluding hydrogens is 372 g/mol. The maximum absolute atomic E-state index is 7.76. The largest absolute Gasteiger partial charge is 0.593 e. The molecule has 0 fully saturated rings. The van der Waals surface area contributed by atoms with E-state index in [2.05, 4.69) is 24.3 Å². The number of rotatable bonds is 6. The molecule has 3 nitrogen and oxygen atoms in total. The molecule has 0 radical (unpaired) electrons. The summed E-state index contributed by atoms with van der Waals surface area (Å²) in [6, 6.07) is 35.4. The van der Waals surface area contributed by atoms with Gasteiger partial charge < -0.3 is 14.6 Å². The predicted octanol–water partition coefficient (Wildman–Crippen LogP) is 6.13. The molecule has 4 aromatic carbocycles. The molecule has 0 bridgehead atoms. The van der Waals surface area contributed by atoms with E-state index in [4.69, 9.17) is 14.6 Å². The van der Waals surface area contributed by atoms with Gasteiger partial charge >= 0.3 is 0 Å². The Bertz CT molecular complexity index is 1070. The van der Waals surface area contributed by atoms with Crippen LogP contribution in [0.15, 0.2) is 109 Å². The van der Waals surface area contributed by atoms with Crippen LogP contribution in [0.2, 0.25) is 0 Å². The van der Waals surface area contributed by atoms with Crippen LogP contribution in [0.3, 0.4) is 0 Å². The second kappa shape index (κ2) is 9.01. The Balaban J connectivity index is 1.95. The van der Waals surface area contributed by atoms with Crippen molar-refractivity contribution in [1.82, 2.24) is 0 Å². The highest BCUT2D eigenvalue weighted by atomic mass is 16.5. The lowest BCUT2D eigenvalue weighted by molar-refractivity contribution is 0.414. The molecule has 30 heavy (non-hydrogen) atoms. The summed E-state index contributed by atoms with van der Waals surface area (Å²) in [5.41, 5.74) is 4.06. The van der Waals surface area contributed by atoms with Gasteiger partial charge in [0.2, 0.25) is 0 Å². The zero-order valence-corrected chi connectivity index (χ0v) is 16.7. The van der Waals surface area contributed by atoms with Crippen molar-refractivity contribution in [3.8, 4) is 17.2 Å². The molecule has 0 heterocycles. The van der Waals surface area contributed by atoms with E-state index in [1.165, 1.54) is 0 Å². The molecule has 148 valence electrons. The van der Waals surface area contributed by atoms with Gasteiger partial charge in [-0.3, -0.25) is 0 Å². The van der Waals surface area contributed by atoms with Crippen molar-refractivity contribution in [3.63, 3.8) is 0 Å². The van der Waals surface area contributed by atoms with Crippen molar-refractivity contribution in [3.05, 3.63) is 126 Å². The summed E-state index contributed by atoms with van der Waals surface area (Å²) in [4.78, 5) is 0. The van der Waals surface area contributed by atoms with E-state index in [0.717, 1.165) is 33.8 Å². The summed E-state index contributed by atoms with van der Waals surface area (Å²) in [7, 11) is 1.66. The Kier molecular flexibility index (Phi) is 5.81. The first kappa shape index (κ1) is 19.3. The second-order valence-electron chi connectivity index (χ2n) is 6.79. The van der Waals surface area contributed by atoms with E-state index in [1.54, 1.807) is 19.2 Å². The fourth-order valence-electron chi connectivity index (χ4n) is 3.28. The van der Waals surface area contributed by atoms with Crippen molar-refractivity contribution in [2.45, 2.75) is 0 Å². The third kappa shape index (κ3) is 4.36. The average Bonchev–Trinajstić information content (AvgIpc) is 2.81. The van der Waals surface area contributed by atoms with Crippen LogP contribution >= 0.6 is 0 Å². The number of methoxy groups -OCH3 is 1. The lowest BCUT2D eigenvalue weighted by atomic mass is 9.94. The summed E-state index contributed by atoms with van der Waals surface area (Å²) in [5.74, 6) is 2.66. The molecule has 2 N–H and O–H groups in total. The number of ether oxygens (including phenoxy) is 2. The summed E-state index contributed by atoms with van der Waals surface area (Å²) >= 11 is 0. The number of hydrogen-bond acceptors (Lipinski definition) is 2. The number of hydrogen-bond donors (Lipinski definition) is 0. The molecule has 0 spiro atoms. The van der Waals surface area contributed by atoms with Crippen LogP contribution in [-0.2, 0) is 0 Å². The average molecular weight is 395 g/mol. The maximum Gasteiger partial charge on any atom is 0.254 e. The van der Waals surface area contributed by atoms with Crippen molar-refractivity contribution >= 4 is 11.3 Å². The van der Waals surface area contributed by atoms with Crippen LogP contribution < -0.4 is 9.47 Å². The molecule has 0 aromatic heterocycles. The van der Waals surface area contributed by atoms with Gasteiger partial charge in [0.1, 0.15) is 17.3 Å². The van der Waals surface area contributed by atoms with Crippen LogP contribution in [0.4, 0.5) is 0 Å². The Morgan fingerprint density at radius 3 is 1.57 bits per heavy atom. The third-order valence-corrected chi connectivity index (χ3v) is 4.78. The van der Waals surface area contributed by atoms with Crippen molar-refractivity contribution in [2.75, 3.05) is 7.11 Å². The molecule has 0 aliphatic carbocycles. The highest BCUT2D eigenvalue weighted by Crippen LogP contribution is 2.35. The van der Waals surface area contributed by atoms with E-state index in [9.17, 15) is 0 Å². The van der Waals surface area contributed by atoms with E-state index in [-0.39, 0.29) is 0 Å². The van der Waals surface area contributed by atoms with Gasteiger partial charge in [0, 0.05) is 23.3 Å². The predicted molar refractivity (Wildman–Crippen MR) is 122 cm³/mol. The van der Waals surface area contributed by atoms with E-state index < -0.39 is 0 Å². The highest BCUT2D eigenvalue weighted by Gasteiger charge is 2.17. The zero-order valence-electron chi connectivity index (χ0n) is 16.7. The maximum atomic E-state index is 7.76. The summed E-state index contributed by atoms with van der Waals surface area (Å²) < 4.78 is 11.8. The lowest BCUT2D eigenvalue weighted by Crippen LogP contribution is -2.02. The smallest absolute Gasteiger partial charge is 0.254 e. The molecular formula is C27H23O3+. The van der Waals surface area contributed by atoms with Crippen LogP contribution in [0.5, 0.6) is 17.2 Å². The molecule has 4 rings (SSSR count). The van der Waals surface area contributed by atoms with E-state index in [0.29, 0.717) is 11.5 Å². The molecule has 0 saturated heterocycles. The monoisotopic (exact) mass is 395 g/mol. The minimum absolute atomic E-state index is 0.448. The molecule has 0 unspecified atom stereocenters. The Morgan fingerprint density at radius 1 is 0.567 bits per heavy atom. The second-order valence-corrected chi connectivity index (χ2v) is 6.79.